The lowest BCUT2D eigenvalue weighted by molar-refractivity contribution is -0.119. The van der Waals surface area contributed by atoms with Crippen molar-refractivity contribution in [2.24, 2.45) is 0 Å². The Bertz CT molecular complexity index is 749. The van der Waals surface area contributed by atoms with Crippen LogP contribution >= 0.6 is 11.8 Å². The van der Waals surface area contributed by atoms with Crippen molar-refractivity contribution in [3.63, 3.8) is 0 Å². The number of rotatable bonds is 4. The third kappa shape index (κ3) is 5.90. The van der Waals surface area contributed by atoms with Crippen LogP contribution in [-0.4, -0.2) is 37.9 Å². The highest BCUT2D eigenvalue weighted by atomic mass is 32.2. The first-order valence-corrected chi connectivity index (χ1v) is 8.81. The molecule has 1 unspecified atom stereocenters. The lowest BCUT2D eigenvalue weighted by Gasteiger charge is -2.20. The fourth-order valence-corrected chi connectivity index (χ4v) is 2.66. The molecule has 0 saturated carbocycles. The van der Waals surface area contributed by atoms with Crippen LogP contribution in [0.2, 0.25) is 0 Å². The highest BCUT2D eigenvalue weighted by molar-refractivity contribution is 8.00. The number of hydrogen-bond donors (Lipinski definition) is 3. The van der Waals surface area contributed by atoms with Gasteiger partial charge in [0.15, 0.2) is 5.82 Å². The van der Waals surface area contributed by atoms with Crippen molar-refractivity contribution in [1.82, 2.24) is 25.8 Å². The highest BCUT2D eigenvalue weighted by Crippen LogP contribution is 2.22. The predicted octanol–water partition coefficient (Wildman–Crippen LogP) is 2.89. The number of nitrogens with zero attached hydrogens (tertiary/aromatic N) is 2. The standard InChI is InChI=1S/C17H23N5O2S/c1-10-6-8-12(9-7-10)13-18-16(22-21-13)25-11(2)14(23)19-15(24)20-17(3,4)5/h6-9,11H,1-5H3,(H,18,21,22)(H2,19,20,23,24). The molecule has 3 amide bonds. The van der Waals surface area contributed by atoms with Crippen LogP contribution in [0.3, 0.4) is 0 Å². The molecule has 1 heterocycles. The summed E-state index contributed by atoms with van der Waals surface area (Å²) in [7, 11) is 0. The summed E-state index contributed by atoms with van der Waals surface area (Å²) in [6.45, 7) is 9.24. The van der Waals surface area contributed by atoms with E-state index in [1.54, 1.807) is 6.92 Å². The van der Waals surface area contributed by atoms with Crippen molar-refractivity contribution in [3.05, 3.63) is 29.8 Å². The predicted molar refractivity (Wildman–Crippen MR) is 98.3 cm³/mol. The van der Waals surface area contributed by atoms with Gasteiger partial charge in [0.1, 0.15) is 0 Å². The van der Waals surface area contributed by atoms with Crippen LogP contribution in [0.4, 0.5) is 4.79 Å². The van der Waals surface area contributed by atoms with Crippen LogP contribution < -0.4 is 10.6 Å². The average molecular weight is 361 g/mol. The zero-order valence-corrected chi connectivity index (χ0v) is 15.8. The second kappa shape index (κ2) is 7.69. The van der Waals surface area contributed by atoms with E-state index in [1.807, 2.05) is 52.0 Å². The van der Waals surface area contributed by atoms with Gasteiger partial charge in [-0.1, -0.05) is 41.6 Å². The minimum Gasteiger partial charge on any atom is -0.333 e. The molecule has 7 nitrogen and oxygen atoms in total. The molecule has 0 saturated heterocycles. The van der Waals surface area contributed by atoms with E-state index in [1.165, 1.54) is 11.8 Å². The molecule has 0 fully saturated rings. The van der Waals surface area contributed by atoms with Crippen molar-refractivity contribution in [2.45, 2.75) is 50.6 Å². The first-order valence-electron chi connectivity index (χ1n) is 7.93. The number of carbonyl (C=O) groups excluding carboxylic acids is 2. The van der Waals surface area contributed by atoms with E-state index in [-0.39, 0.29) is 0 Å². The van der Waals surface area contributed by atoms with Crippen LogP contribution in [0.5, 0.6) is 0 Å². The Kier molecular flexibility index (Phi) is 5.84. The van der Waals surface area contributed by atoms with Crippen molar-refractivity contribution in [2.75, 3.05) is 0 Å². The van der Waals surface area contributed by atoms with E-state index >= 15 is 0 Å². The number of H-pyrrole nitrogens is 1. The van der Waals surface area contributed by atoms with Gasteiger partial charge in [0.05, 0.1) is 5.25 Å². The van der Waals surface area contributed by atoms with E-state index in [0.717, 1.165) is 11.1 Å². The third-order valence-corrected chi connectivity index (χ3v) is 4.13. The molecule has 0 radical (unpaired) electrons. The molecule has 2 rings (SSSR count). The molecule has 8 heteroatoms. The molecule has 134 valence electrons. The number of nitrogens with one attached hydrogen (secondary N) is 3. The summed E-state index contributed by atoms with van der Waals surface area (Å²) in [5, 5.41) is 11.9. The quantitative estimate of drug-likeness (QED) is 0.727. The summed E-state index contributed by atoms with van der Waals surface area (Å²) < 4.78 is 0. The van der Waals surface area contributed by atoms with Crippen molar-refractivity contribution < 1.29 is 9.59 Å². The number of imide groups is 1. The average Bonchev–Trinajstić information content (AvgIpc) is 2.94. The maximum absolute atomic E-state index is 12.1. The summed E-state index contributed by atoms with van der Waals surface area (Å²) >= 11 is 1.18. The molecule has 0 aliphatic rings. The van der Waals surface area contributed by atoms with Crippen molar-refractivity contribution in [1.29, 1.82) is 0 Å². The number of carbonyl (C=O) groups is 2. The number of thioether (sulfide) groups is 1. The maximum atomic E-state index is 12.1. The molecule has 25 heavy (non-hydrogen) atoms. The largest absolute Gasteiger partial charge is 0.333 e. The normalized spacial score (nSPS) is 12.5. The molecule has 0 bridgehead atoms. The van der Waals surface area contributed by atoms with Gasteiger partial charge >= 0.3 is 6.03 Å². The monoisotopic (exact) mass is 361 g/mol. The Morgan fingerprint density at radius 3 is 2.44 bits per heavy atom. The Morgan fingerprint density at radius 1 is 1.20 bits per heavy atom. The van der Waals surface area contributed by atoms with Gasteiger partial charge in [0, 0.05) is 11.1 Å². The SMILES string of the molecule is Cc1ccc(-c2nc(SC(C)C(=O)NC(=O)NC(C)(C)C)n[nH]2)cc1. The first kappa shape index (κ1) is 19.0. The van der Waals surface area contributed by atoms with E-state index in [4.69, 9.17) is 0 Å². The Labute approximate surface area is 151 Å². The van der Waals surface area contributed by atoms with Gasteiger partial charge in [-0.15, -0.1) is 5.10 Å². The van der Waals surface area contributed by atoms with Gasteiger partial charge in [-0.3, -0.25) is 15.2 Å². The number of hydrogen-bond acceptors (Lipinski definition) is 5. The van der Waals surface area contributed by atoms with Gasteiger partial charge in [0.2, 0.25) is 11.1 Å². The van der Waals surface area contributed by atoms with Gasteiger partial charge in [0.25, 0.3) is 0 Å². The topological polar surface area (TPSA) is 99.8 Å². The molecule has 0 spiro atoms. The summed E-state index contributed by atoms with van der Waals surface area (Å²) in [6.07, 6.45) is 0. The van der Waals surface area contributed by atoms with E-state index in [9.17, 15) is 9.59 Å². The van der Waals surface area contributed by atoms with Crippen LogP contribution in [0.1, 0.15) is 33.3 Å². The molecule has 1 aromatic heterocycles. The second-order valence-electron chi connectivity index (χ2n) is 6.79. The summed E-state index contributed by atoms with van der Waals surface area (Å²) in [6, 6.07) is 7.39. The zero-order valence-electron chi connectivity index (χ0n) is 15.0. The van der Waals surface area contributed by atoms with Crippen LogP contribution in [0.15, 0.2) is 29.4 Å². The minimum atomic E-state index is -0.514. The lowest BCUT2D eigenvalue weighted by atomic mass is 10.1. The number of aryl methyl sites for hydroxylation is 1. The second-order valence-corrected chi connectivity index (χ2v) is 8.09. The van der Waals surface area contributed by atoms with Crippen LogP contribution in [-0.2, 0) is 4.79 Å². The summed E-state index contributed by atoms with van der Waals surface area (Å²) in [5.74, 6) is 0.244. The Hall–Kier alpha value is -2.35. The Balaban J connectivity index is 1.94. The third-order valence-electron chi connectivity index (χ3n) is 3.17. The highest BCUT2D eigenvalue weighted by Gasteiger charge is 2.21. The van der Waals surface area contributed by atoms with E-state index in [0.29, 0.717) is 11.0 Å². The van der Waals surface area contributed by atoms with Gasteiger partial charge in [-0.2, -0.15) is 0 Å². The number of amides is 3. The van der Waals surface area contributed by atoms with Gasteiger partial charge < -0.3 is 5.32 Å². The van der Waals surface area contributed by atoms with Gasteiger partial charge in [-0.25, -0.2) is 9.78 Å². The van der Waals surface area contributed by atoms with E-state index in [2.05, 4.69) is 25.8 Å². The lowest BCUT2D eigenvalue weighted by Crippen LogP contribution is -2.49. The summed E-state index contributed by atoms with van der Waals surface area (Å²) in [5.41, 5.74) is 1.68. The van der Waals surface area contributed by atoms with Crippen LogP contribution in [0, 0.1) is 6.92 Å². The Morgan fingerprint density at radius 2 is 1.84 bits per heavy atom. The number of benzene rings is 1. The van der Waals surface area contributed by atoms with Crippen molar-refractivity contribution >= 4 is 23.7 Å². The van der Waals surface area contributed by atoms with Crippen LogP contribution in [0.25, 0.3) is 11.4 Å². The maximum Gasteiger partial charge on any atom is 0.321 e. The number of aromatic amines is 1. The van der Waals surface area contributed by atoms with E-state index < -0.39 is 22.7 Å². The summed E-state index contributed by atoms with van der Waals surface area (Å²) in [4.78, 5) is 28.2. The first-order chi connectivity index (χ1) is 11.6. The molecule has 3 N–H and O–H groups in total. The minimum absolute atomic E-state index is 0.395. The molecular weight excluding hydrogens is 338 g/mol. The number of urea groups is 1. The van der Waals surface area contributed by atoms with Crippen molar-refractivity contribution in [3.8, 4) is 11.4 Å². The molecule has 1 atom stereocenters. The molecule has 2 aromatic rings. The molecule has 1 aromatic carbocycles. The smallest absolute Gasteiger partial charge is 0.321 e. The molecule has 0 aliphatic heterocycles. The molecule has 0 aliphatic carbocycles. The fraction of sp³-hybridized carbons (Fsp3) is 0.412. The molecular formula is C17H23N5O2S. The number of aromatic nitrogens is 3. The zero-order chi connectivity index (χ0) is 18.6. The van der Waals surface area contributed by atoms with Gasteiger partial charge in [-0.05, 0) is 34.6 Å². The fourth-order valence-electron chi connectivity index (χ4n) is 1.94.